The molecule has 0 aromatic carbocycles. The Morgan fingerprint density at radius 1 is 1.35 bits per heavy atom. The van der Waals surface area contributed by atoms with Crippen LogP contribution in [0.3, 0.4) is 0 Å². The molecule has 0 spiro atoms. The molecule has 0 aliphatic carbocycles. The lowest BCUT2D eigenvalue weighted by molar-refractivity contribution is -0.119. The third kappa shape index (κ3) is 5.06. The number of carbonyl (C=O) groups excluding carboxylic acids is 2. The second-order valence-corrected chi connectivity index (χ2v) is 4.80. The third-order valence-electron chi connectivity index (χ3n) is 2.85. The summed E-state index contributed by atoms with van der Waals surface area (Å²) in [6.45, 7) is 7.37. The Morgan fingerprint density at radius 3 is 2.41 bits per heavy atom. The summed E-state index contributed by atoms with van der Waals surface area (Å²) in [4.78, 5) is 24.1. The molecule has 5 nitrogen and oxygen atoms in total. The summed E-state index contributed by atoms with van der Waals surface area (Å²) in [6.07, 6.45) is 1.55. The van der Waals surface area contributed by atoms with E-state index in [9.17, 15) is 9.59 Å². The minimum Gasteiger partial charge on any atom is -0.447 e. The van der Waals surface area contributed by atoms with Crippen LogP contribution in [0.15, 0.2) is 0 Å². The van der Waals surface area contributed by atoms with Gasteiger partial charge in [-0.25, -0.2) is 4.79 Å². The summed E-state index contributed by atoms with van der Waals surface area (Å²) in [5.41, 5.74) is 0. The van der Waals surface area contributed by atoms with E-state index in [1.165, 1.54) is 6.92 Å². The predicted molar refractivity (Wildman–Crippen MR) is 64.6 cm³/mol. The first kappa shape index (κ1) is 13.8. The van der Waals surface area contributed by atoms with Gasteiger partial charge in [-0.1, -0.05) is 0 Å². The molecule has 0 aromatic heterocycles. The molecule has 1 rings (SSSR count). The number of likely N-dealkylation sites (tertiary alicyclic amines) is 1. The topological polar surface area (TPSA) is 58.6 Å². The van der Waals surface area contributed by atoms with Crippen molar-refractivity contribution in [3.63, 3.8) is 0 Å². The number of hydrogen-bond donors (Lipinski definition) is 1. The van der Waals surface area contributed by atoms with E-state index >= 15 is 0 Å². The molecule has 0 saturated carbocycles. The Labute approximate surface area is 102 Å². The molecule has 0 aromatic rings. The fourth-order valence-corrected chi connectivity index (χ4v) is 1.88. The highest BCUT2D eigenvalue weighted by molar-refractivity contribution is 5.72. The number of piperidine rings is 1. The van der Waals surface area contributed by atoms with Crippen LogP contribution in [-0.2, 0) is 9.53 Å². The summed E-state index contributed by atoms with van der Waals surface area (Å²) < 4.78 is 5.14. The number of carbonyl (C=O) groups is 2. The van der Waals surface area contributed by atoms with Crippen LogP contribution in [-0.4, -0.2) is 42.6 Å². The maximum absolute atomic E-state index is 11.6. The molecular formula is C12H22N2O3. The highest BCUT2D eigenvalue weighted by Crippen LogP contribution is 2.17. The molecule has 0 bridgehead atoms. The zero-order chi connectivity index (χ0) is 12.8. The number of rotatable bonds is 3. The van der Waals surface area contributed by atoms with E-state index in [1.807, 2.05) is 13.8 Å². The van der Waals surface area contributed by atoms with E-state index in [0.717, 1.165) is 25.9 Å². The van der Waals surface area contributed by atoms with Gasteiger partial charge in [0.2, 0.25) is 5.91 Å². The van der Waals surface area contributed by atoms with Crippen LogP contribution in [0.2, 0.25) is 0 Å². The molecule has 98 valence electrons. The standard InChI is InChI=1S/C12H22N2O3/c1-9(2)17-12(16)14-6-4-11(5-7-14)8-13-10(3)15/h9,11H,4-8H2,1-3H3,(H,13,15). The van der Waals surface area contributed by atoms with Crippen molar-refractivity contribution in [2.45, 2.75) is 39.7 Å². The Balaban J connectivity index is 2.25. The lowest BCUT2D eigenvalue weighted by atomic mass is 9.97. The van der Waals surface area contributed by atoms with Gasteiger partial charge >= 0.3 is 6.09 Å². The van der Waals surface area contributed by atoms with E-state index in [-0.39, 0.29) is 18.1 Å². The van der Waals surface area contributed by atoms with E-state index in [0.29, 0.717) is 12.5 Å². The Kier molecular flexibility index (Phi) is 5.25. The number of hydrogen-bond acceptors (Lipinski definition) is 3. The SMILES string of the molecule is CC(=O)NCC1CCN(C(=O)OC(C)C)CC1. The van der Waals surface area contributed by atoms with E-state index < -0.39 is 0 Å². The largest absolute Gasteiger partial charge is 0.447 e. The first-order chi connectivity index (χ1) is 7.99. The van der Waals surface area contributed by atoms with Gasteiger partial charge in [0.25, 0.3) is 0 Å². The van der Waals surface area contributed by atoms with Gasteiger partial charge in [-0.05, 0) is 32.6 Å². The van der Waals surface area contributed by atoms with Crippen LogP contribution in [0.4, 0.5) is 4.79 Å². The number of nitrogens with zero attached hydrogens (tertiary/aromatic N) is 1. The van der Waals surface area contributed by atoms with Crippen LogP contribution >= 0.6 is 0 Å². The Hall–Kier alpha value is -1.26. The fraction of sp³-hybridized carbons (Fsp3) is 0.833. The van der Waals surface area contributed by atoms with Gasteiger partial charge < -0.3 is 15.0 Å². The summed E-state index contributed by atoms with van der Waals surface area (Å²) in [7, 11) is 0. The van der Waals surface area contributed by atoms with Crippen molar-refractivity contribution in [3.8, 4) is 0 Å². The molecule has 5 heteroatoms. The van der Waals surface area contributed by atoms with Crippen molar-refractivity contribution in [1.29, 1.82) is 0 Å². The van der Waals surface area contributed by atoms with Crippen LogP contribution in [0.5, 0.6) is 0 Å². The molecule has 2 amide bonds. The predicted octanol–water partition coefficient (Wildman–Crippen LogP) is 1.38. The maximum Gasteiger partial charge on any atom is 0.410 e. The number of nitrogens with one attached hydrogen (secondary N) is 1. The maximum atomic E-state index is 11.6. The van der Waals surface area contributed by atoms with E-state index in [1.54, 1.807) is 4.90 Å². The lowest BCUT2D eigenvalue weighted by Gasteiger charge is -2.31. The van der Waals surface area contributed by atoms with Gasteiger partial charge in [-0.3, -0.25) is 4.79 Å². The molecule has 17 heavy (non-hydrogen) atoms. The third-order valence-corrected chi connectivity index (χ3v) is 2.85. The summed E-state index contributed by atoms with van der Waals surface area (Å²) >= 11 is 0. The summed E-state index contributed by atoms with van der Waals surface area (Å²) in [5, 5.41) is 2.82. The van der Waals surface area contributed by atoms with Gasteiger partial charge in [-0.15, -0.1) is 0 Å². The molecule has 1 aliphatic heterocycles. The highest BCUT2D eigenvalue weighted by atomic mass is 16.6. The van der Waals surface area contributed by atoms with Crippen LogP contribution in [0.1, 0.15) is 33.6 Å². The Bertz CT molecular complexity index is 271. The second kappa shape index (κ2) is 6.47. The van der Waals surface area contributed by atoms with Gasteiger partial charge in [0.05, 0.1) is 6.10 Å². The zero-order valence-corrected chi connectivity index (χ0v) is 10.9. The summed E-state index contributed by atoms with van der Waals surface area (Å²) in [5.74, 6) is 0.480. The summed E-state index contributed by atoms with van der Waals surface area (Å²) in [6, 6.07) is 0. The van der Waals surface area contributed by atoms with Crippen molar-refractivity contribution in [2.75, 3.05) is 19.6 Å². The Morgan fingerprint density at radius 2 is 1.94 bits per heavy atom. The molecular weight excluding hydrogens is 220 g/mol. The molecule has 1 N–H and O–H groups in total. The average molecular weight is 242 g/mol. The molecule has 0 unspecified atom stereocenters. The van der Waals surface area contributed by atoms with Crippen molar-refractivity contribution >= 4 is 12.0 Å². The van der Waals surface area contributed by atoms with Gasteiger partial charge in [0.1, 0.15) is 0 Å². The molecule has 1 aliphatic rings. The smallest absolute Gasteiger partial charge is 0.410 e. The quantitative estimate of drug-likeness (QED) is 0.813. The van der Waals surface area contributed by atoms with Gasteiger partial charge in [-0.2, -0.15) is 0 Å². The van der Waals surface area contributed by atoms with Crippen molar-refractivity contribution < 1.29 is 14.3 Å². The second-order valence-electron chi connectivity index (χ2n) is 4.80. The van der Waals surface area contributed by atoms with Crippen LogP contribution in [0, 0.1) is 5.92 Å². The minimum absolute atomic E-state index is 0.00615. The average Bonchev–Trinajstić information content (AvgIpc) is 2.26. The van der Waals surface area contributed by atoms with Crippen molar-refractivity contribution in [2.24, 2.45) is 5.92 Å². The fourth-order valence-electron chi connectivity index (χ4n) is 1.88. The molecule has 0 atom stereocenters. The van der Waals surface area contributed by atoms with Gasteiger partial charge in [0.15, 0.2) is 0 Å². The van der Waals surface area contributed by atoms with Crippen molar-refractivity contribution in [1.82, 2.24) is 10.2 Å². The lowest BCUT2D eigenvalue weighted by Crippen LogP contribution is -2.42. The van der Waals surface area contributed by atoms with Crippen molar-refractivity contribution in [3.05, 3.63) is 0 Å². The minimum atomic E-state index is -0.224. The monoisotopic (exact) mass is 242 g/mol. The van der Waals surface area contributed by atoms with E-state index in [2.05, 4.69) is 5.32 Å². The van der Waals surface area contributed by atoms with Gasteiger partial charge in [0, 0.05) is 26.6 Å². The molecule has 0 radical (unpaired) electrons. The number of amides is 2. The first-order valence-electron chi connectivity index (χ1n) is 6.19. The molecule has 1 fully saturated rings. The first-order valence-corrected chi connectivity index (χ1v) is 6.19. The van der Waals surface area contributed by atoms with Crippen LogP contribution < -0.4 is 5.32 Å². The normalized spacial score (nSPS) is 17.1. The molecule has 1 saturated heterocycles. The molecule has 1 heterocycles. The van der Waals surface area contributed by atoms with E-state index in [4.69, 9.17) is 4.74 Å². The van der Waals surface area contributed by atoms with Crippen LogP contribution in [0.25, 0.3) is 0 Å². The zero-order valence-electron chi connectivity index (χ0n) is 10.9. The number of ether oxygens (including phenoxy) is 1. The highest BCUT2D eigenvalue weighted by Gasteiger charge is 2.24.